The highest BCUT2D eigenvalue weighted by atomic mass is 79.9. The van der Waals surface area contributed by atoms with Crippen molar-refractivity contribution < 1.29 is 9.59 Å². The van der Waals surface area contributed by atoms with Gasteiger partial charge in [0.25, 0.3) is 11.1 Å². The van der Waals surface area contributed by atoms with E-state index in [1.165, 1.54) is 4.90 Å². The van der Waals surface area contributed by atoms with E-state index in [0.717, 1.165) is 43.8 Å². The second-order valence-electron chi connectivity index (χ2n) is 7.72. The molecule has 5 rings (SSSR count). The van der Waals surface area contributed by atoms with Gasteiger partial charge in [-0.05, 0) is 53.2 Å². The van der Waals surface area contributed by atoms with Gasteiger partial charge in [-0.25, -0.2) is 0 Å². The van der Waals surface area contributed by atoms with Gasteiger partial charge in [0.1, 0.15) is 0 Å². The van der Waals surface area contributed by atoms with Crippen LogP contribution in [0.25, 0.3) is 17.0 Å². The number of benzene rings is 3. The predicted octanol–water partition coefficient (Wildman–Crippen LogP) is 7.34. The number of rotatable bonds is 5. The Hall–Kier alpha value is -2.80. The molecule has 1 fully saturated rings. The van der Waals surface area contributed by atoms with Crippen molar-refractivity contribution in [2.75, 3.05) is 0 Å². The minimum absolute atomic E-state index is 0.254. The molecule has 33 heavy (non-hydrogen) atoms. The van der Waals surface area contributed by atoms with Crippen molar-refractivity contribution in [2.45, 2.75) is 13.1 Å². The topological polar surface area (TPSA) is 42.3 Å². The number of aromatic nitrogens is 1. The fraction of sp³-hybridized carbons (Fsp3) is 0.0769. The molecular weight excluding hydrogens is 520 g/mol. The first-order valence-electron chi connectivity index (χ1n) is 10.3. The lowest BCUT2D eigenvalue weighted by Gasteiger charge is -2.12. The summed E-state index contributed by atoms with van der Waals surface area (Å²) in [5, 5.41) is 1.48. The molecule has 4 nitrogen and oxygen atoms in total. The van der Waals surface area contributed by atoms with Gasteiger partial charge < -0.3 is 4.57 Å². The molecule has 3 aromatic carbocycles. The third kappa shape index (κ3) is 4.51. The van der Waals surface area contributed by atoms with Crippen LogP contribution in [0.5, 0.6) is 0 Å². The summed E-state index contributed by atoms with van der Waals surface area (Å²) in [5.41, 5.74) is 3.85. The maximum Gasteiger partial charge on any atom is 0.293 e. The van der Waals surface area contributed by atoms with Gasteiger partial charge in [0, 0.05) is 38.7 Å². The summed E-state index contributed by atoms with van der Waals surface area (Å²) in [4.78, 5) is 27.4. The molecule has 4 aromatic rings. The van der Waals surface area contributed by atoms with Crippen LogP contribution in [-0.4, -0.2) is 20.6 Å². The predicted molar refractivity (Wildman–Crippen MR) is 138 cm³/mol. The number of fused-ring (bicyclic) bond motifs is 1. The molecule has 1 aromatic heterocycles. The maximum atomic E-state index is 13.1. The summed E-state index contributed by atoms with van der Waals surface area (Å²) < 4.78 is 3.07. The fourth-order valence-electron chi connectivity index (χ4n) is 3.88. The first kappa shape index (κ1) is 22.0. The molecule has 0 radical (unpaired) electrons. The lowest BCUT2D eigenvalue weighted by molar-refractivity contribution is -0.123. The van der Waals surface area contributed by atoms with E-state index in [9.17, 15) is 9.59 Å². The molecule has 0 aliphatic carbocycles. The van der Waals surface area contributed by atoms with Crippen LogP contribution in [0, 0.1) is 0 Å². The molecule has 0 N–H and O–H groups in total. The quantitative estimate of drug-likeness (QED) is 0.250. The molecule has 164 valence electrons. The highest BCUT2D eigenvalue weighted by molar-refractivity contribution is 9.10. The summed E-state index contributed by atoms with van der Waals surface area (Å²) in [6.45, 7) is 0.864. The normalized spacial score (nSPS) is 15.2. The van der Waals surface area contributed by atoms with Gasteiger partial charge in [-0.2, -0.15) is 0 Å². The zero-order chi connectivity index (χ0) is 22.9. The average molecular weight is 538 g/mol. The van der Waals surface area contributed by atoms with Gasteiger partial charge in [0.15, 0.2) is 0 Å². The van der Waals surface area contributed by atoms with E-state index < -0.39 is 0 Å². The smallest absolute Gasteiger partial charge is 0.293 e. The number of imide groups is 1. The number of nitrogens with zero attached hydrogens (tertiary/aromatic N) is 2. The number of hydrogen-bond acceptors (Lipinski definition) is 3. The van der Waals surface area contributed by atoms with Gasteiger partial charge >= 0.3 is 0 Å². The summed E-state index contributed by atoms with van der Waals surface area (Å²) in [6.07, 6.45) is 3.83. The summed E-state index contributed by atoms with van der Waals surface area (Å²) in [7, 11) is 0. The molecule has 1 aliphatic heterocycles. The number of halogens is 2. The summed E-state index contributed by atoms with van der Waals surface area (Å²) in [5.74, 6) is -0.268. The largest absolute Gasteiger partial charge is 0.342 e. The Morgan fingerprint density at radius 3 is 2.42 bits per heavy atom. The minimum atomic E-state index is -0.268. The monoisotopic (exact) mass is 536 g/mol. The molecule has 2 amide bonds. The molecule has 0 saturated carbocycles. The van der Waals surface area contributed by atoms with Gasteiger partial charge in [-0.1, -0.05) is 76.1 Å². The first-order valence-corrected chi connectivity index (χ1v) is 12.3. The van der Waals surface area contributed by atoms with Gasteiger partial charge in [0.05, 0.1) is 11.4 Å². The SMILES string of the molecule is O=C1S/C(=C/c2cn(Cc3ccccc3Cl)c3ccccc23)C(=O)N1Cc1ccc(Br)cc1. The lowest BCUT2D eigenvalue weighted by Crippen LogP contribution is -2.27. The second-order valence-corrected chi connectivity index (χ2v) is 10.0. The van der Waals surface area contributed by atoms with Crippen LogP contribution in [0.1, 0.15) is 16.7 Å². The molecule has 0 atom stereocenters. The van der Waals surface area contributed by atoms with E-state index in [-0.39, 0.29) is 17.7 Å². The van der Waals surface area contributed by atoms with Crippen molar-refractivity contribution in [3.63, 3.8) is 0 Å². The molecule has 7 heteroatoms. The Kier molecular flexibility index (Phi) is 6.15. The van der Waals surface area contributed by atoms with E-state index in [2.05, 4.69) is 20.5 Å². The van der Waals surface area contributed by atoms with Crippen molar-refractivity contribution in [3.8, 4) is 0 Å². The standard InChI is InChI=1S/C26H18BrClN2O2S/c27-20-11-9-17(10-12-20)14-30-25(31)24(33-26(30)32)13-19-16-29(23-8-4-2-6-21(19)23)15-18-5-1-3-7-22(18)28/h1-13,16H,14-15H2/b24-13+. The van der Waals surface area contributed by atoms with Crippen molar-refractivity contribution in [1.82, 2.24) is 9.47 Å². The third-order valence-electron chi connectivity index (χ3n) is 5.53. The van der Waals surface area contributed by atoms with Crippen LogP contribution in [0.4, 0.5) is 4.79 Å². The molecule has 0 bridgehead atoms. The van der Waals surface area contributed by atoms with E-state index in [4.69, 9.17) is 11.6 Å². The van der Waals surface area contributed by atoms with Crippen LogP contribution in [-0.2, 0) is 17.9 Å². The van der Waals surface area contributed by atoms with E-state index in [1.54, 1.807) is 0 Å². The zero-order valence-electron chi connectivity index (χ0n) is 17.4. The van der Waals surface area contributed by atoms with Crippen molar-refractivity contribution in [3.05, 3.63) is 110 Å². The number of amides is 2. The average Bonchev–Trinajstić information content (AvgIpc) is 3.29. The lowest BCUT2D eigenvalue weighted by atomic mass is 10.1. The Morgan fingerprint density at radius 2 is 1.64 bits per heavy atom. The second kappa shape index (κ2) is 9.21. The number of carbonyl (C=O) groups is 2. The Bertz CT molecular complexity index is 1410. The van der Waals surface area contributed by atoms with Crippen LogP contribution < -0.4 is 0 Å². The van der Waals surface area contributed by atoms with E-state index in [0.29, 0.717) is 16.5 Å². The molecule has 0 spiro atoms. The highest BCUT2D eigenvalue weighted by Crippen LogP contribution is 2.35. The zero-order valence-corrected chi connectivity index (χ0v) is 20.5. The summed E-state index contributed by atoms with van der Waals surface area (Å²) in [6, 6.07) is 23.4. The summed E-state index contributed by atoms with van der Waals surface area (Å²) >= 11 is 10.8. The highest BCUT2D eigenvalue weighted by Gasteiger charge is 2.35. The van der Waals surface area contributed by atoms with Gasteiger partial charge in [0.2, 0.25) is 0 Å². The van der Waals surface area contributed by atoms with Crippen molar-refractivity contribution in [2.24, 2.45) is 0 Å². The Morgan fingerprint density at radius 1 is 0.909 bits per heavy atom. The number of para-hydroxylation sites is 1. The Balaban J connectivity index is 1.46. The van der Waals surface area contributed by atoms with Gasteiger partial charge in [-0.3, -0.25) is 14.5 Å². The molecule has 1 aliphatic rings. The fourth-order valence-corrected chi connectivity index (χ4v) is 5.17. The van der Waals surface area contributed by atoms with E-state index >= 15 is 0 Å². The van der Waals surface area contributed by atoms with Crippen LogP contribution in [0.2, 0.25) is 5.02 Å². The first-order chi connectivity index (χ1) is 16.0. The van der Waals surface area contributed by atoms with E-state index in [1.807, 2.05) is 85.1 Å². The van der Waals surface area contributed by atoms with Gasteiger partial charge in [-0.15, -0.1) is 0 Å². The minimum Gasteiger partial charge on any atom is -0.342 e. The van der Waals surface area contributed by atoms with Crippen LogP contribution in [0.15, 0.2) is 88.4 Å². The molecule has 1 saturated heterocycles. The Labute approximate surface area is 209 Å². The maximum absolute atomic E-state index is 13.1. The third-order valence-corrected chi connectivity index (χ3v) is 7.34. The number of hydrogen-bond donors (Lipinski definition) is 0. The van der Waals surface area contributed by atoms with Crippen molar-refractivity contribution >= 4 is 67.4 Å². The molecule has 0 unspecified atom stereocenters. The number of thioether (sulfide) groups is 1. The van der Waals surface area contributed by atoms with Crippen molar-refractivity contribution in [1.29, 1.82) is 0 Å². The van der Waals surface area contributed by atoms with Crippen LogP contribution in [0.3, 0.4) is 0 Å². The molecule has 2 heterocycles. The van der Waals surface area contributed by atoms with Crippen LogP contribution >= 0.6 is 39.3 Å². The number of carbonyl (C=O) groups excluding carboxylic acids is 2. The molecular formula is C26H18BrClN2O2S.